The van der Waals surface area contributed by atoms with Gasteiger partial charge in [0.25, 0.3) is 5.91 Å². The number of benzene rings is 2. The highest BCUT2D eigenvalue weighted by Gasteiger charge is 2.20. The number of aliphatic carboxylic acids is 1. The molecule has 168 valence electrons. The minimum Gasteiger partial charge on any atom is -0.496 e. The van der Waals surface area contributed by atoms with Gasteiger partial charge in [0.2, 0.25) is 0 Å². The van der Waals surface area contributed by atoms with Gasteiger partial charge in [0.1, 0.15) is 11.5 Å². The molecule has 0 saturated heterocycles. The Morgan fingerprint density at radius 2 is 1.58 bits per heavy atom. The lowest BCUT2D eigenvalue weighted by Crippen LogP contribution is -2.34. The van der Waals surface area contributed by atoms with E-state index in [0.717, 1.165) is 18.4 Å². The van der Waals surface area contributed by atoms with Gasteiger partial charge in [-0.25, -0.2) is 4.79 Å². The quantitative estimate of drug-likeness (QED) is 0.537. The number of nitrogens with zero attached hydrogens (tertiary/aromatic N) is 1. The second kappa shape index (κ2) is 12.0. The van der Waals surface area contributed by atoms with Crippen molar-refractivity contribution >= 4 is 11.9 Å². The summed E-state index contributed by atoms with van der Waals surface area (Å²) in [6.45, 7) is 2.71. The summed E-state index contributed by atoms with van der Waals surface area (Å²) >= 11 is 0. The summed E-state index contributed by atoms with van der Waals surface area (Å²) in [5.74, 6) is -0.314. The fourth-order valence-corrected chi connectivity index (χ4v) is 3.42. The van der Waals surface area contributed by atoms with E-state index >= 15 is 0 Å². The molecule has 7 heteroatoms. The summed E-state index contributed by atoms with van der Waals surface area (Å²) in [6, 6.07) is 13.4. The molecule has 2 rings (SSSR count). The zero-order valence-corrected chi connectivity index (χ0v) is 18.3. The number of hydrogen-bond donors (Lipinski definition) is 2. The predicted molar refractivity (Wildman–Crippen MR) is 118 cm³/mol. The Kier molecular flexibility index (Phi) is 9.34. The van der Waals surface area contributed by atoms with Crippen LogP contribution < -0.4 is 9.47 Å². The van der Waals surface area contributed by atoms with Crippen molar-refractivity contribution in [1.82, 2.24) is 4.90 Å². The van der Waals surface area contributed by atoms with Crippen LogP contribution in [0.2, 0.25) is 0 Å². The van der Waals surface area contributed by atoms with Crippen molar-refractivity contribution in [3.8, 4) is 11.5 Å². The van der Waals surface area contributed by atoms with Crippen molar-refractivity contribution in [1.29, 1.82) is 0 Å². The van der Waals surface area contributed by atoms with Crippen LogP contribution in [0.15, 0.2) is 42.5 Å². The van der Waals surface area contributed by atoms with Crippen LogP contribution >= 0.6 is 0 Å². The van der Waals surface area contributed by atoms with E-state index in [4.69, 9.17) is 14.6 Å². The average molecular weight is 430 g/mol. The summed E-state index contributed by atoms with van der Waals surface area (Å²) in [5, 5.41) is 18.4. The van der Waals surface area contributed by atoms with E-state index in [1.54, 1.807) is 31.3 Å². The van der Waals surface area contributed by atoms with Gasteiger partial charge in [0.05, 0.1) is 14.2 Å². The highest BCUT2D eigenvalue weighted by molar-refractivity contribution is 5.95. The lowest BCUT2D eigenvalue weighted by Gasteiger charge is -2.24. The third-order valence-corrected chi connectivity index (χ3v) is 5.21. The van der Waals surface area contributed by atoms with Gasteiger partial charge in [-0.1, -0.05) is 30.3 Å². The van der Waals surface area contributed by atoms with E-state index in [9.17, 15) is 14.7 Å². The zero-order valence-electron chi connectivity index (χ0n) is 18.3. The Labute approximate surface area is 183 Å². The SMILES string of the molecule is COc1cc(C(=O)N(CCCc2ccccc2)CCCC(O)C(=O)O)cc(OC)c1C. The average Bonchev–Trinajstić information content (AvgIpc) is 2.78. The van der Waals surface area contributed by atoms with Crippen LogP contribution in [0.3, 0.4) is 0 Å². The highest BCUT2D eigenvalue weighted by Crippen LogP contribution is 2.30. The zero-order chi connectivity index (χ0) is 22.8. The normalized spacial score (nSPS) is 11.6. The van der Waals surface area contributed by atoms with E-state index in [1.165, 1.54) is 5.56 Å². The Bertz CT molecular complexity index is 843. The number of carbonyl (C=O) groups excluding carboxylic acids is 1. The molecule has 31 heavy (non-hydrogen) atoms. The molecule has 2 N–H and O–H groups in total. The molecule has 7 nitrogen and oxygen atoms in total. The van der Waals surface area contributed by atoms with Crippen molar-refractivity contribution in [2.75, 3.05) is 27.3 Å². The highest BCUT2D eigenvalue weighted by atomic mass is 16.5. The van der Waals surface area contributed by atoms with Gasteiger partial charge in [-0.2, -0.15) is 0 Å². The number of carboxylic acid groups (broad SMARTS) is 1. The molecule has 1 amide bonds. The maximum absolute atomic E-state index is 13.3. The molecule has 0 aliphatic rings. The van der Waals surface area contributed by atoms with Crippen LogP contribution in [0, 0.1) is 6.92 Å². The minimum absolute atomic E-state index is 0.0817. The second-order valence-corrected chi connectivity index (χ2v) is 7.38. The number of aliphatic hydroxyl groups excluding tert-OH is 1. The van der Waals surface area contributed by atoms with E-state index < -0.39 is 12.1 Å². The van der Waals surface area contributed by atoms with Gasteiger partial charge in [-0.15, -0.1) is 0 Å². The molecule has 0 radical (unpaired) electrons. The lowest BCUT2D eigenvalue weighted by molar-refractivity contribution is -0.146. The molecule has 0 aromatic heterocycles. The van der Waals surface area contributed by atoms with Crippen LogP contribution in [0.1, 0.15) is 40.7 Å². The standard InChI is InChI=1S/C24H31NO6/c1-17-21(30-2)15-19(16-22(17)31-3)23(27)25(14-8-12-20(26)24(28)29)13-7-11-18-9-5-4-6-10-18/h4-6,9-10,15-16,20,26H,7-8,11-14H2,1-3H3,(H,28,29). The Hall–Kier alpha value is -3.06. The third-order valence-electron chi connectivity index (χ3n) is 5.21. The summed E-state index contributed by atoms with van der Waals surface area (Å²) in [5.41, 5.74) is 2.44. The van der Waals surface area contributed by atoms with Gasteiger partial charge in [-0.3, -0.25) is 4.79 Å². The van der Waals surface area contributed by atoms with Crippen molar-refractivity contribution in [2.24, 2.45) is 0 Å². The molecule has 0 spiro atoms. The summed E-state index contributed by atoms with van der Waals surface area (Å²) in [4.78, 5) is 25.8. The van der Waals surface area contributed by atoms with Crippen LogP contribution in [-0.4, -0.2) is 60.4 Å². The molecule has 0 aliphatic heterocycles. The first kappa shape index (κ1) is 24.2. The largest absolute Gasteiger partial charge is 0.496 e. The van der Waals surface area contributed by atoms with Gasteiger partial charge in [0, 0.05) is 24.2 Å². The Balaban J connectivity index is 2.15. The molecular formula is C24H31NO6. The molecule has 2 aromatic rings. The number of ether oxygens (including phenoxy) is 2. The number of aryl methyl sites for hydroxylation is 1. The van der Waals surface area contributed by atoms with Crippen LogP contribution in [0.5, 0.6) is 11.5 Å². The number of carboxylic acids is 1. The van der Waals surface area contributed by atoms with Crippen LogP contribution in [0.25, 0.3) is 0 Å². The van der Waals surface area contributed by atoms with Gasteiger partial charge >= 0.3 is 5.97 Å². The fraction of sp³-hybridized carbons (Fsp3) is 0.417. The molecule has 0 heterocycles. The first-order valence-electron chi connectivity index (χ1n) is 10.3. The third kappa shape index (κ3) is 7.00. The number of rotatable bonds is 12. The molecule has 0 saturated carbocycles. The maximum atomic E-state index is 13.3. The monoisotopic (exact) mass is 429 g/mol. The lowest BCUT2D eigenvalue weighted by atomic mass is 10.1. The number of aliphatic hydroxyl groups is 1. The van der Waals surface area contributed by atoms with Gasteiger partial charge < -0.3 is 24.6 Å². The summed E-state index contributed by atoms with van der Waals surface area (Å²) in [7, 11) is 3.09. The predicted octanol–water partition coefficient (Wildman–Crippen LogP) is 3.31. The van der Waals surface area contributed by atoms with E-state index in [0.29, 0.717) is 36.6 Å². The molecule has 0 aliphatic carbocycles. The van der Waals surface area contributed by atoms with Crippen LogP contribution in [0.4, 0.5) is 0 Å². The fourth-order valence-electron chi connectivity index (χ4n) is 3.42. The first-order chi connectivity index (χ1) is 14.9. The summed E-state index contributed by atoms with van der Waals surface area (Å²) < 4.78 is 10.8. The molecule has 1 atom stereocenters. The second-order valence-electron chi connectivity index (χ2n) is 7.38. The smallest absolute Gasteiger partial charge is 0.332 e. The molecule has 2 aromatic carbocycles. The number of carbonyl (C=O) groups is 2. The minimum atomic E-state index is -1.43. The first-order valence-corrected chi connectivity index (χ1v) is 10.3. The van der Waals surface area contributed by atoms with E-state index in [1.807, 2.05) is 37.3 Å². The molecule has 0 fully saturated rings. The Morgan fingerprint density at radius 3 is 2.13 bits per heavy atom. The van der Waals surface area contributed by atoms with Crippen molar-refractivity contribution in [3.05, 3.63) is 59.2 Å². The molecular weight excluding hydrogens is 398 g/mol. The number of hydrogen-bond acceptors (Lipinski definition) is 5. The van der Waals surface area contributed by atoms with Crippen molar-refractivity contribution in [3.63, 3.8) is 0 Å². The van der Waals surface area contributed by atoms with Crippen molar-refractivity contribution in [2.45, 2.75) is 38.7 Å². The van der Waals surface area contributed by atoms with Crippen LogP contribution in [-0.2, 0) is 11.2 Å². The number of methoxy groups -OCH3 is 2. The maximum Gasteiger partial charge on any atom is 0.332 e. The molecule has 0 bridgehead atoms. The topological polar surface area (TPSA) is 96.3 Å². The summed E-state index contributed by atoms with van der Waals surface area (Å²) in [6.07, 6.45) is 0.615. The van der Waals surface area contributed by atoms with Gasteiger partial charge in [0.15, 0.2) is 6.10 Å². The Morgan fingerprint density at radius 1 is 1.00 bits per heavy atom. The van der Waals surface area contributed by atoms with E-state index in [-0.39, 0.29) is 12.3 Å². The van der Waals surface area contributed by atoms with Gasteiger partial charge in [-0.05, 0) is 50.3 Å². The van der Waals surface area contributed by atoms with Crippen molar-refractivity contribution < 1.29 is 29.3 Å². The number of amides is 1. The van der Waals surface area contributed by atoms with E-state index in [2.05, 4.69) is 0 Å². The molecule has 1 unspecified atom stereocenters.